The second-order valence-electron chi connectivity index (χ2n) is 7.13. The Bertz CT molecular complexity index is 1170. The predicted molar refractivity (Wildman–Crippen MR) is 122 cm³/mol. The van der Waals surface area contributed by atoms with Gasteiger partial charge in [0, 0.05) is 22.6 Å². The summed E-state index contributed by atoms with van der Waals surface area (Å²) < 4.78 is 16.4. The third-order valence-corrected chi connectivity index (χ3v) is 5.49. The van der Waals surface area contributed by atoms with Gasteiger partial charge in [0.2, 0.25) is 6.79 Å². The molecule has 2 aliphatic heterocycles. The average Bonchev–Trinajstić information content (AvgIpc) is 3.38. The topological polar surface area (TPSA) is 65.0 Å². The summed E-state index contributed by atoms with van der Waals surface area (Å²) in [6, 6.07) is 21.5. The monoisotopic (exact) mass is 450 g/mol. The number of aliphatic hydroxyl groups is 1. The number of esters is 1. The van der Waals surface area contributed by atoms with Crippen LogP contribution in [0, 0.1) is 0 Å². The zero-order valence-electron chi connectivity index (χ0n) is 17.8. The highest BCUT2D eigenvalue weighted by Crippen LogP contribution is 2.46. The van der Waals surface area contributed by atoms with Crippen LogP contribution >= 0.6 is 11.6 Å². The molecule has 3 aromatic carbocycles. The zero-order chi connectivity index (χ0) is 22.7. The van der Waals surface area contributed by atoms with Crippen molar-refractivity contribution in [1.29, 1.82) is 0 Å². The molecule has 1 N–H and O–H groups in total. The second-order valence-corrected chi connectivity index (χ2v) is 7.56. The van der Waals surface area contributed by atoms with Crippen molar-refractivity contribution in [3.05, 3.63) is 100 Å². The van der Waals surface area contributed by atoms with Crippen molar-refractivity contribution in [1.82, 2.24) is 0 Å². The Morgan fingerprint density at radius 2 is 1.69 bits per heavy atom. The van der Waals surface area contributed by atoms with Gasteiger partial charge in [-0.05, 0) is 35.4 Å². The molecule has 1 unspecified atom stereocenters. The summed E-state index contributed by atoms with van der Waals surface area (Å²) >= 11 is 6.15. The van der Waals surface area contributed by atoms with Crippen LogP contribution in [-0.2, 0) is 21.7 Å². The maximum absolute atomic E-state index is 13.0. The number of halogens is 1. The highest BCUT2D eigenvalue weighted by Gasteiger charge is 2.48. The van der Waals surface area contributed by atoms with Gasteiger partial charge in [-0.1, -0.05) is 74.0 Å². The lowest BCUT2D eigenvalue weighted by Gasteiger charge is -2.26. The lowest BCUT2D eigenvalue weighted by atomic mass is 9.88. The number of carbonyl (C=O) groups excluding carboxylic acids is 1. The molecule has 0 radical (unpaired) electrons. The van der Waals surface area contributed by atoms with Gasteiger partial charge in [0.15, 0.2) is 11.5 Å². The van der Waals surface area contributed by atoms with Crippen molar-refractivity contribution in [3.8, 4) is 11.5 Å². The van der Waals surface area contributed by atoms with E-state index in [9.17, 15) is 9.90 Å². The van der Waals surface area contributed by atoms with E-state index in [2.05, 4.69) is 0 Å². The smallest absolute Gasteiger partial charge is 0.342 e. The van der Waals surface area contributed by atoms with Crippen LogP contribution in [-0.4, -0.2) is 17.9 Å². The molecule has 164 valence electrons. The summed E-state index contributed by atoms with van der Waals surface area (Å²) in [4.78, 5) is 13.0. The Morgan fingerprint density at radius 1 is 0.938 bits per heavy atom. The molecule has 6 heteroatoms. The van der Waals surface area contributed by atoms with Gasteiger partial charge in [0.1, 0.15) is 0 Å². The first-order chi connectivity index (χ1) is 15.5. The molecule has 0 amide bonds. The minimum Gasteiger partial charge on any atom is -0.454 e. The van der Waals surface area contributed by atoms with Crippen LogP contribution in [0.3, 0.4) is 0 Å². The summed E-state index contributed by atoms with van der Waals surface area (Å²) in [5.41, 5.74) is 2.67. The SMILES string of the molecule is CC.O=C1OC(O)(c2cccc(Cl)c2)C(Cc2ccccc2)=C1c1ccc2c(c1)OCO2. The van der Waals surface area contributed by atoms with Crippen molar-refractivity contribution < 1.29 is 24.1 Å². The molecule has 0 saturated heterocycles. The average molecular weight is 451 g/mol. The van der Waals surface area contributed by atoms with Crippen LogP contribution in [0.15, 0.2) is 78.4 Å². The molecule has 32 heavy (non-hydrogen) atoms. The standard InChI is InChI=1S/C24H17ClO5.C2H6/c25-18-8-4-7-17(13-18)24(27)19(11-15-5-2-1-3-6-15)22(23(26)30-24)16-9-10-20-21(12-16)29-14-28-20;1-2/h1-10,12-13,27H,11,14H2;1-2H3. The molecular formula is C26H23ClO5. The summed E-state index contributed by atoms with van der Waals surface area (Å²) in [7, 11) is 0. The second kappa shape index (κ2) is 9.07. The van der Waals surface area contributed by atoms with Gasteiger partial charge < -0.3 is 19.3 Å². The van der Waals surface area contributed by atoms with Crippen LogP contribution in [0.2, 0.25) is 5.02 Å². The Hall–Kier alpha value is -3.28. The Labute approximate surface area is 191 Å². The van der Waals surface area contributed by atoms with E-state index < -0.39 is 11.8 Å². The van der Waals surface area contributed by atoms with Gasteiger partial charge in [0.05, 0.1) is 5.57 Å². The number of carbonyl (C=O) groups is 1. The number of fused-ring (bicyclic) bond motifs is 1. The molecule has 0 aromatic heterocycles. The van der Waals surface area contributed by atoms with Crippen LogP contribution in [0.5, 0.6) is 11.5 Å². The first-order valence-electron chi connectivity index (χ1n) is 10.4. The number of cyclic esters (lactones) is 1. The largest absolute Gasteiger partial charge is 0.454 e. The molecule has 1 atom stereocenters. The summed E-state index contributed by atoms with van der Waals surface area (Å²) in [5.74, 6) is -1.38. The van der Waals surface area contributed by atoms with Crippen LogP contribution in [0.1, 0.15) is 30.5 Å². The van der Waals surface area contributed by atoms with Gasteiger partial charge in [0.25, 0.3) is 5.79 Å². The molecule has 0 bridgehead atoms. The first kappa shape index (κ1) is 21.9. The minimum absolute atomic E-state index is 0.131. The molecule has 0 saturated carbocycles. The fraction of sp³-hybridized carbons (Fsp3) is 0.192. The quantitative estimate of drug-likeness (QED) is 0.532. The molecule has 5 rings (SSSR count). The molecule has 2 heterocycles. The summed E-state index contributed by atoms with van der Waals surface area (Å²) in [6.45, 7) is 4.13. The van der Waals surface area contributed by atoms with Crippen LogP contribution in [0.25, 0.3) is 5.57 Å². The fourth-order valence-corrected chi connectivity index (χ4v) is 4.01. The number of benzene rings is 3. The minimum atomic E-state index is -1.93. The van der Waals surface area contributed by atoms with E-state index in [-0.39, 0.29) is 6.79 Å². The highest BCUT2D eigenvalue weighted by molar-refractivity contribution is 6.30. The summed E-state index contributed by atoms with van der Waals surface area (Å²) in [6.07, 6.45) is 0.319. The van der Waals surface area contributed by atoms with E-state index in [1.807, 2.05) is 44.2 Å². The van der Waals surface area contributed by atoms with Crippen LogP contribution < -0.4 is 9.47 Å². The van der Waals surface area contributed by atoms with E-state index in [1.165, 1.54) is 0 Å². The molecular weight excluding hydrogens is 428 g/mol. The van der Waals surface area contributed by atoms with E-state index in [4.69, 9.17) is 25.8 Å². The molecule has 3 aromatic rings. The highest BCUT2D eigenvalue weighted by atomic mass is 35.5. The zero-order valence-corrected chi connectivity index (χ0v) is 18.6. The lowest BCUT2D eigenvalue weighted by molar-refractivity contribution is -0.185. The van der Waals surface area contributed by atoms with Gasteiger partial charge in [-0.15, -0.1) is 0 Å². The van der Waals surface area contributed by atoms with Gasteiger partial charge in [-0.3, -0.25) is 0 Å². The van der Waals surface area contributed by atoms with Crippen molar-refractivity contribution >= 4 is 23.1 Å². The molecule has 0 fully saturated rings. The number of ether oxygens (including phenoxy) is 3. The van der Waals surface area contributed by atoms with E-state index in [1.54, 1.807) is 42.5 Å². The van der Waals surface area contributed by atoms with E-state index in [0.29, 0.717) is 45.2 Å². The van der Waals surface area contributed by atoms with Crippen molar-refractivity contribution in [3.63, 3.8) is 0 Å². The number of rotatable bonds is 4. The Kier molecular flexibility index (Phi) is 6.21. The lowest BCUT2D eigenvalue weighted by Crippen LogP contribution is -2.29. The predicted octanol–water partition coefficient (Wildman–Crippen LogP) is 5.49. The molecule has 0 aliphatic carbocycles. The van der Waals surface area contributed by atoms with Gasteiger partial charge in [-0.25, -0.2) is 4.79 Å². The number of hydrogen-bond donors (Lipinski definition) is 1. The first-order valence-corrected chi connectivity index (χ1v) is 10.8. The maximum atomic E-state index is 13.0. The third-order valence-electron chi connectivity index (χ3n) is 5.26. The summed E-state index contributed by atoms with van der Waals surface area (Å²) in [5, 5.41) is 12.0. The Morgan fingerprint density at radius 3 is 2.44 bits per heavy atom. The van der Waals surface area contributed by atoms with E-state index in [0.717, 1.165) is 5.56 Å². The van der Waals surface area contributed by atoms with Crippen LogP contribution in [0.4, 0.5) is 0 Å². The fourth-order valence-electron chi connectivity index (χ4n) is 3.82. The molecule has 0 spiro atoms. The van der Waals surface area contributed by atoms with Crippen molar-refractivity contribution in [2.24, 2.45) is 0 Å². The van der Waals surface area contributed by atoms with Gasteiger partial charge in [-0.2, -0.15) is 0 Å². The number of hydrogen-bond acceptors (Lipinski definition) is 5. The molecule has 5 nitrogen and oxygen atoms in total. The van der Waals surface area contributed by atoms with Crippen molar-refractivity contribution in [2.75, 3.05) is 6.79 Å². The van der Waals surface area contributed by atoms with Gasteiger partial charge >= 0.3 is 5.97 Å². The maximum Gasteiger partial charge on any atom is 0.342 e. The third kappa shape index (κ3) is 3.97. The normalized spacial score (nSPS) is 18.8. The van der Waals surface area contributed by atoms with E-state index >= 15 is 0 Å². The molecule has 2 aliphatic rings. The van der Waals surface area contributed by atoms with Crippen molar-refractivity contribution in [2.45, 2.75) is 26.1 Å². The Balaban J connectivity index is 0.00000119.